The van der Waals surface area contributed by atoms with Crippen LogP contribution in [0.5, 0.6) is 11.5 Å². The number of nitrogens with zero attached hydrogens (tertiary/aromatic N) is 2. The number of phenolic OH excluding ortho intramolecular Hbond substituents is 2. The number of carbonyl (C=O) groups is 1. The molecule has 0 aliphatic heterocycles. The molecule has 7 nitrogen and oxygen atoms in total. The zero-order valence-electron chi connectivity index (χ0n) is 14.7. The monoisotopic (exact) mass is 366 g/mol. The van der Waals surface area contributed by atoms with Crippen molar-refractivity contribution in [1.29, 1.82) is 0 Å². The summed E-state index contributed by atoms with van der Waals surface area (Å²) in [5.41, 5.74) is 1.52. The van der Waals surface area contributed by atoms with Crippen molar-refractivity contribution in [2.45, 2.75) is 0 Å². The zero-order chi connectivity index (χ0) is 19.7. The lowest BCUT2D eigenvalue weighted by Gasteiger charge is -2.17. The topological polar surface area (TPSA) is 103 Å². The third-order valence-corrected chi connectivity index (χ3v) is 4.20. The predicted molar refractivity (Wildman–Crippen MR) is 102 cm³/mol. The molecule has 7 heteroatoms. The second kappa shape index (κ2) is 6.87. The first-order chi connectivity index (χ1) is 12.8. The van der Waals surface area contributed by atoms with E-state index in [4.69, 9.17) is 0 Å². The molecule has 0 bridgehead atoms. The summed E-state index contributed by atoms with van der Waals surface area (Å²) in [7, 11) is 3.82. The van der Waals surface area contributed by atoms with E-state index >= 15 is 0 Å². The fourth-order valence-corrected chi connectivity index (χ4v) is 2.72. The summed E-state index contributed by atoms with van der Waals surface area (Å²) in [4.78, 5) is 25.6. The maximum absolute atomic E-state index is 12.2. The van der Waals surface area contributed by atoms with Gasteiger partial charge in [0.15, 0.2) is 16.9 Å². The average molecular weight is 366 g/mol. The summed E-state index contributed by atoms with van der Waals surface area (Å²) in [6.07, 6.45) is 1.21. The molecule has 3 rings (SSSR count). The van der Waals surface area contributed by atoms with Crippen molar-refractivity contribution in [1.82, 2.24) is 4.57 Å². The van der Waals surface area contributed by atoms with E-state index in [1.54, 1.807) is 0 Å². The molecule has 0 spiro atoms. The van der Waals surface area contributed by atoms with E-state index < -0.39 is 17.0 Å². The third-order valence-electron chi connectivity index (χ3n) is 4.20. The molecule has 1 aromatic heterocycles. The van der Waals surface area contributed by atoms with Gasteiger partial charge in [0.25, 0.3) is 0 Å². The van der Waals surface area contributed by atoms with E-state index in [1.165, 1.54) is 35.0 Å². The van der Waals surface area contributed by atoms with E-state index in [9.17, 15) is 24.9 Å². The van der Waals surface area contributed by atoms with Crippen LogP contribution in [0, 0.1) is 0 Å². The average Bonchev–Trinajstić information content (AvgIpc) is 2.63. The number of aromatic carboxylic acids is 1. The van der Waals surface area contributed by atoms with Gasteiger partial charge in [-0.15, -0.1) is 0 Å². The Hall–Kier alpha value is -3.74. The molecule has 0 radical (unpaired) electrons. The minimum atomic E-state index is -1.34. The molecular formula is C20H18N2O5. The molecule has 0 aliphatic rings. The van der Waals surface area contributed by atoms with Crippen LogP contribution in [0.15, 0.2) is 59.5 Å². The number of hydrogen-bond donors (Lipinski definition) is 3. The van der Waals surface area contributed by atoms with Crippen LogP contribution >= 0.6 is 0 Å². The molecule has 0 fully saturated rings. The number of rotatable bonds is 4. The van der Waals surface area contributed by atoms with Gasteiger partial charge in [-0.1, -0.05) is 12.1 Å². The maximum Gasteiger partial charge on any atom is 0.341 e. The number of aromatic hydroxyl groups is 2. The van der Waals surface area contributed by atoms with Crippen LogP contribution in [-0.4, -0.2) is 40.0 Å². The highest BCUT2D eigenvalue weighted by Crippen LogP contribution is 2.30. The van der Waals surface area contributed by atoms with Crippen molar-refractivity contribution < 1.29 is 20.1 Å². The molecule has 0 atom stereocenters. The van der Waals surface area contributed by atoms with Crippen LogP contribution in [0.1, 0.15) is 10.4 Å². The van der Waals surface area contributed by atoms with Gasteiger partial charge in [-0.3, -0.25) is 4.79 Å². The summed E-state index contributed by atoms with van der Waals surface area (Å²) in [5, 5.41) is 28.6. The quantitative estimate of drug-likeness (QED) is 0.614. The molecule has 0 amide bonds. The van der Waals surface area contributed by atoms with E-state index in [2.05, 4.69) is 0 Å². The Morgan fingerprint density at radius 2 is 1.63 bits per heavy atom. The lowest BCUT2D eigenvalue weighted by Crippen LogP contribution is -2.18. The number of carboxylic acid groups (broad SMARTS) is 1. The number of hydrogen-bond acceptors (Lipinski definition) is 5. The van der Waals surface area contributed by atoms with Gasteiger partial charge in [0, 0.05) is 43.8 Å². The first-order valence-electron chi connectivity index (χ1n) is 8.08. The van der Waals surface area contributed by atoms with Crippen molar-refractivity contribution in [2.24, 2.45) is 0 Å². The smallest absolute Gasteiger partial charge is 0.341 e. The fourth-order valence-electron chi connectivity index (χ4n) is 2.72. The van der Waals surface area contributed by atoms with Crippen molar-refractivity contribution in [3.05, 3.63) is 70.5 Å². The lowest BCUT2D eigenvalue weighted by atomic mass is 10.1. The highest BCUT2D eigenvalue weighted by molar-refractivity contribution is 5.88. The second-order valence-corrected chi connectivity index (χ2v) is 6.23. The summed E-state index contributed by atoms with van der Waals surface area (Å²) >= 11 is 0. The number of pyridine rings is 1. The Kier molecular flexibility index (Phi) is 4.60. The van der Waals surface area contributed by atoms with Crippen LogP contribution in [0.2, 0.25) is 0 Å². The molecular weight excluding hydrogens is 348 g/mol. The lowest BCUT2D eigenvalue weighted by molar-refractivity contribution is 0.0695. The third kappa shape index (κ3) is 3.48. The van der Waals surface area contributed by atoms with Crippen LogP contribution in [-0.2, 0) is 0 Å². The minimum absolute atomic E-state index is 0.296. The Morgan fingerprint density at radius 1 is 0.963 bits per heavy atom. The standard InChI is InChI=1S/C20H18N2O5/c1-21(2)13-5-3-12(4-6-13)16-10-18(24)15(20(26)27)11-22(16)14-7-8-17(23)19(25)9-14/h3-11,23,25H,1-2H3,(H,26,27). The highest BCUT2D eigenvalue weighted by Gasteiger charge is 2.15. The van der Waals surface area contributed by atoms with Crippen LogP contribution in [0.25, 0.3) is 16.9 Å². The summed E-state index contributed by atoms with van der Waals surface area (Å²) in [5.74, 6) is -1.99. The molecule has 138 valence electrons. The number of phenols is 2. The zero-order valence-corrected chi connectivity index (χ0v) is 14.7. The van der Waals surface area contributed by atoms with E-state index in [0.29, 0.717) is 16.9 Å². The van der Waals surface area contributed by atoms with Crippen molar-refractivity contribution in [3.63, 3.8) is 0 Å². The Bertz CT molecular complexity index is 1070. The number of benzene rings is 2. The second-order valence-electron chi connectivity index (χ2n) is 6.23. The van der Waals surface area contributed by atoms with E-state index in [-0.39, 0.29) is 11.5 Å². The van der Waals surface area contributed by atoms with Crippen molar-refractivity contribution in [3.8, 4) is 28.4 Å². The SMILES string of the molecule is CN(C)c1ccc(-c2cc(=O)c(C(=O)O)cn2-c2ccc(O)c(O)c2)cc1. The predicted octanol–water partition coefficient (Wildman–Crippen LogP) is 2.68. The number of anilines is 1. The number of aromatic nitrogens is 1. The molecule has 0 aliphatic carbocycles. The molecule has 0 unspecified atom stereocenters. The molecule has 0 saturated carbocycles. The van der Waals surface area contributed by atoms with Gasteiger partial charge in [-0.2, -0.15) is 0 Å². The van der Waals surface area contributed by atoms with Crippen molar-refractivity contribution >= 4 is 11.7 Å². The summed E-state index contributed by atoms with van der Waals surface area (Å²) < 4.78 is 1.49. The van der Waals surface area contributed by atoms with Gasteiger partial charge in [0.2, 0.25) is 0 Å². The molecule has 2 aromatic carbocycles. The van der Waals surface area contributed by atoms with E-state index in [1.807, 2.05) is 43.3 Å². The van der Waals surface area contributed by atoms with Gasteiger partial charge >= 0.3 is 5.97 Å². The Labute approximate surface area is 155 Å². The van der Waals surface area contributed by atoms with Gasteiger partial charge in [-0.05, 0) is 29.8 Å². The fraction of sp³-hybridized carbons (Fsp3) is 0.100. The van der Waals surface area contributed by atoms with E-state index in [0.717, 1.165) is 5.69 Å². The van der Waals surface area contributed by atoms with Crippen LogP contribution in [0.4, 0.5) is 5.69 Å². The van der Waals surface area contributed by atoms with Gasteiger partial charge in [0.1, 0.15) is 5.56 Å². The molecule has 1 heterocycles. The van der Waals surface area contributed by atoms with Crippen LogP contribution < -0.4 is 10.3 Å². The molecule has 27 heavy (non-hydrogen) atoms. The largest absolute Gasteiger partial charge is 0.504 e. The first kappa shape index (κ1) is 18.1. The first-order valence-corrected chi connectivity index (χ1v) is 8.08. The number of carboxylic acids is 1. The Balaban J connectivity index is 2.25. The van der Waals surface area contributed by atoms with Crippen molar-refractivity contribution in [2.75, 3.05) is 19.0 Å². The summed E-state index contributed by atoms with van der Waals surface area (Å²) in [6, 6.07) is 12.8. The molecule has 3 N–H and O–H groups in total. The van der Waals surface area contributed by atoms with Gasteiger partial charge in [-0.25, -0.2) is 4.79 Å². The minimum Gasteiger partial charge on any atom is -0.504 e. The maximum atomic E-state index is 12.2. The Morgan fingerprint density at radius 3 is 2.19 bits per heavy atom. The van der Waals surface area contributed by atoms with Crippen LogP contribution in [0.3, 0.4) is 0 Å². The summed E-state index contributed by atoms with van der Waals surface area (Å²) in [6.45, 7) is 0. The molecule has 3 aromatic rings. The normalized spacial score (nSPS) is 10.6. The van der Waals surface area contributed by atoms with Gasteiger partial charge in [0.05, 0.1) is 5.69 Å². The highest BCUT2D eigenvalue weighted by atomic mass is 16.4. The molecule has 0 saturated heterocycles. The van der Waals surface area contributed by atoms with Gasteiger partial charge < -0.3 is 24.8 Å².